The number of amides is 3. The van der Waals surface area contributed by atoms with E-state index >= 15 is 0 Å². The molecule has 152 valence electrons. The number of carbonyl (C=O) groups excluding carboxylic acids is 2. The molecule has 0 saturated heterocycles. The summed E-state index contributed by atoms with van der Waals surface area (Å²) >= 11 is 7.10. The van der Waals surface area contributed by atoms with E-state index in [-0.39, 0.29) is 22.7 Å². The molecule has 3 heterocycles. The lowest BCUT2D eigenvalue weighted by Gasteiger charge is -2.12. The molecule has 30 heavy (non-hydrogen) atoms. The number of primary amides is 1. The normalized spacial score (nSPS) is 12.7. The number of hydrogen-bond acceptors (Lipinski definition) is 7. The predicted molar refractivity (Wildman–Crippen MR) is 111 cm³/mol. The Kier molecular flexibility index (Phi) is 5.41. The van der Waals surface area contributed by atoms with Crippen LogP contribution in [-0.4, -0.2) is 23.7 Å². The number of hydrogen-bond donors (Lipinski definition) is 3. The average Bonchev–Trinajstić information content (AvgIpc) is 3.28. The molecule has 0 atom stereocenters. The summed E-state index contributed by atoms with van der Waals surface area (Å²) in [4.78, 5) is 25.3. The second kappa shape index (κ2) is 8.16. The Morgan fingerprint density at radius 2 is 2.03 bits per heavy atom. The van der Waals surface area contributed by atoms with E-state index in [1.165, 1.54) is 11.3 Å². The van der Waals surface area contributed by atoms with Crippen LogP contribution in [0.5, 0.6) is 0 Å². The molecule has 11 heteroatoms. The van der Waals surface area contributed by atoms with E-state index in [4.69, 9.17) is 26.6 Å². The molecule has 0 radical (unpaired) electrons. The van der Waals surface area contributed by atoms with Gasteiger partial charge >= 0.3 is 6.03 Å². The minimum absolute atomic E-state index is 0.0569. The number of nitrogens with two attached hydrogens (primary N) is 1. The Balaban J connectivity index is 1.57. The summed E-state index contributed by atoms with van der Waals surface area (Å²) < 4.78 is 10.5. The predicted octanol–water partition coefficient (Wildman–Crippen LogP) is 3.74. The minimum Gasteiger partial charge on any atom is -0.376 e. The summed E-state index contributed by atoms with van der Waals surface area (Å²) in [5.41, 5.74) is 7.50. The van der Waals surface area contributed by atoms with E-state index in [1.54, 1.807) is 24.3 Å². The third-order valence-electron chi connectivity index (χ3n) is 4.44. The van der Waals surface area contributed by atoms with Gasteiger partial charge in [0.1, 0.15) is 22.3 Å². The molecule has 0 fully saturated rings. The van der Waals surface area contributed by atoms with Crippen LogP contribution in [0, 0.1) is 11.3 Å². The number of nitrogens with one attached hydrogen (secondary N) is 2. The van der Waals surface area contributed by atoms with Gasteiger partial charge in [0, 0.05) is 15.5 Å². The molecule has 4 N–H and O–H groups in total. The zero-order valence-corrected chi connectivity index (χ0v) is 16.9. The van der Waals surface area contributed by atoms with E-state index < -0.39 is 11.9 Å². The molecular formula is C19H14ClN5O4S. The lowest BCUT2D eigenvalue weighted by molar-refractivity contribution is 0.0991. The Hall–Kier alpha value is -3.39. The SMILES string of the molecule is N#Cc1c(-c2ccc(Cl)cc2)noc1NC(=O)Nc1sc2c(c1C(N)=O)CCOC2. The highest BCUT2D eigenvalue weighted by Gasteiger charge is 2.26. The first-order chi connectivity index (χ1) is 14.5. The fourth-order valence-corrected chi connectivity index (χ4v) is 4.41. The summed E-state index contributed by atoms with van der Waals surface area (Å²) in [6.45, 7) is 0.835. The smallest absolute Gasteiger partial charge is 0.326 e. The topological polar surface area (TPSA) is 143 Å². The van der Waals surface area contributed by atoms with E-state index in [2.05, 4.69) is 15.8 Å². The maximum absolute atomic E-state index is 12.5. The van der Waals surface area contributed by atoms with Gasteiger partial charge in [0.15, 0.2) is 0 Å². The number of thiophene rings is 1. The molecule has 0 saturated carbocycles. The van der Waals surface area contributed by atoms with Crippen molar-refractivity contribution in [2.45, 2.75) is 13.0 Å². The van der Waals surface area contributed by atoms with Gasteiger partial charge < -0.3 is 15.0 Å². The highest BCUT2D eigenvalue weighted by molar-refractivity contribution is 7.17. The lowest BCUT2D eigenvalue weighted by atomic mass is 10.1. The van der Waals surface area contributed by atoms with E-state index in [0.29, 0.717) is 35.2 Å². The van der Waals surface area contributed by atoms with Crippen LogP contribution >= 0.6 is 22.9 Å². The first kappa shape index (κ1) is 19.9. The first-order valence-corrected chi connectivity index (χ1v) is 9.93. The van der Waals surface area contributed by atoms with Crippen molar-refractivity contribution in [1.29, 1.82) is 5.26 Å². The standard InChI is InChI=1S/C19H14ClN5O4S/c20-10-3-1-9(2-4-10)15-12(7-21)17(29-25-15)23-19(27)24-18-14(16(22)26)11-5-6-28-8-13(11)30-18/h1-4H,5-6,8H2,(H2,22,26)(H2,23,24,27). The molecule has 9 nitrogen and oxygen atoms in total. The van der Waals surface area contributed by atoms with Crippen LogP contribution in [0.2, 0.25) is 5.02 Å². The van der Waals surface area contributed by atoms with Crippen LogP contribution in [0.3, 0.4) is 0 Å². The van der Waals surface area contributed by atoms with Crippen LogP contribution in [-0.2, 0) is 17.8 Å². The third-order valence-corrected chi connectivity index (χ3v) is 5.82. The fraction of sp³-hybridized carbons (Fsp3) is 0.158. The number of nitrogens with zero attached hydrogens (tertiary/aromatic N) is 2. The molecule has 3 amide bonds. The van der Waals surface area contributed by atoms with Crippen molar-refractivity contribution in [2.24, 2.45) is 5.73 Å². The Morgan fingerprint density at radius 1 is 1.27 bits per heavy atom. The van der Waals surface area contributed by atoms with Crippen LogP contribution in [0.1, 0.15) is 26.4 Å². The number of ether oxygens (including phenoxy) is 1. The molecule has 1 aliphatic rings. The van der Waals surface area contributed by atoms with E-state index in [1.807, 2.05) is 6.07 Å². The van der Waals surface area contributed by atoms with Gasteiger partial charge in [-0.05, 0) is 24.1 Å². The quantitative estimate of drug-likeness (QED) is 0.560. The molecule has 4 rings (SSSR count). The second-order valence-electron chi connectivity index (χ2n) is 6.31. The number of halogens is 1. The van der Waals surface area contributed by atoms with Crippen molar-refractivity contribution in [2.75, 3.05) is 17.2 Å². The summed E-state index contributed by atoms with van der Waals surface area (Å²) in [6, 6.07) is 7.95. The second-order valence-corrected chi connectivity index (χ2v) is 7.85. The number of carbonyl (C=O) groups is 2. The van der Waals surface area contributed by atoms with Gasteiger partial charge in [0.25, 0.3) is 11.8 Å². The summed E-state index contributed by atoms with van der Waals surface area (Å²) in [5.74, 6) is -0.752. The number of fused-ring (bicyclic) bond motifs is 1. The molecule has 0 unspecified atom stereocenters. The Bertz CT molecular complexity index is 1180. The van der Waals surface area contributed by atoms with Crippen molar-refractivity contribution in [3.63, 3.8) is 0 Å². The van der Waals surface area contributed by atoms with Gasteiger partial charge in [-0.15, -0.1) is 11.3 Å². The largest absolute Gasteiger partial charge is 0.376 e. The first-order valence-electron chi connectivity index (χ1n) is 8.73. The van der Waals surface area contributed by atoms with E-state index in [9.17, 15) is 14.9 Å². The lowest BCUT2D eigenvalue weighted by Crippen LogP contribution is -2.22. The van der Waals surface area contributed by atoms with Gasteiger partial charge in [-0.3, -0.25) is 15.4 Å². The highest BCUT2D eigenvalue weighted by atomic mass is 35.5. The van der Waals surface area contributed by atoms with Gasteiger partial charge in [-0.25, -0.2) is 4.79 Å². The number of nitriles is 1. The summed E-state index contributed by atoms with van der Waals surface area (Å²) in [6.07, 6.45) is 0.540. The Morgan fingerprint density at radius 3 is 2.73 bits per heavy atom. The zero-order chi connectivity index (χ0) is 21.3. The van der Waals surface area contributed by atoms with Gasteiger partial charge in [-0.1, -0.05) is 28.9 Å². The number of benzene rings is 1. The van der Waals surface area contributed by atoms with Crippen molar-refractivity contribution < 1.29 is 18.8 Å². The molecule has 0 bridgehead atoms. The number of aromatic nitrogens is 1. The van der Waals surface area contributed by atoms with Crippen LogP contribution < -0.4 is 16.4 Å². The Labute approximate surface area is 179 Å². The molecule has 1 aliphatic heterocycles. The summed E-state index contributed by atoms with van der Waals surface area (Å²) in [5, 5.41) is 19.3. The molecule has 0 aliphatic carbocycles. The fourth-order valence-electron chi connectivity index (χ4n) is 3.10. The maximum atomic E-state index is 12.5. The molecule has 3 aromatic rings. The van der Waals surface area contributed by atoms with Gasteiger partial charge in [0.05, 0.1) is 18.8 Å². The monoisotopic (exact) mass is 443 g/mol. The highest BCUT2D eigenvalue weighted by Crippen LogP contribution is 2.36. The molecule has 1 aromatic carbocycles. The minimum atomic E-state index is -0.702. The zero-order valence-electron chi connectivity index (χ0n) is 15.3. The van der Waals surface area contributed by atoms with Crippen molar-refractivity contribution >= 4 is 45.8 Å². The van der Waals surface area contributed by atoms with Crippen LogP contribution in [0.25, 0.3) is 11.3 Å². The molecular weight excluding hydrogens is 430 g/mol. The van der Waals surface area contributed by atoms with Gasteiger partial charge in [-0.2, -0.15) is 5.26 Å². The third kappa shape index (κ3) is 3.73. The molecule has 2 aromatic heterocycles. The van der Waals surface area contributed by atoms with Crippen LogP contribution in [0.15, 0.2) is 28.8 Å². The van der Waals surface area contributed by atoms with Crippen LogP contribution in [0.4, 0.5) is 15.7 Å². The number of urea groups is 1. The van der Waals surface area contributed by atoms with E-state index in [0.717, 1.165) is 10.4 Å². The number of anilines is 2. The van der Waals surface area contributed by atoms with Crippen molar-refractivity contribution in [1.82, 2.24) is 5.16 Å². The van der Waals surface area contributed by atoms with Gasteiger partial charge in [0.2, 0.25) is 0 Å². The van der Waals surface area contributed by atoms with Crippen molar-refractivity contribution in [3.8, 4) is 17.3 Å². The average molecular weight is 444 g/mol. The molecule has 0 spiro atoms. The van der Waals surface area contributed by atoms with Crippen molar-refractivity contribution in [3.05, 3.63) is 50.9 Å². The summed E-state index contributed by atoms with van der Waals surface area (Å²) in [7, 11) is 0. The number of rotatable bonds is 4. The maximum Gasteiger partial charge on any atom is 0.326 e.